The first kappa shape index (κ1) is 19.3. The number of hydrogen-bond donors (Lipinski definition) is 0. The van der Waals surface area contributed by atoms with Gasteiger partial charge in [0.15, 0.2) is 0 Å². The largest absolute Gasteiger partial charge is 0.673 e. The molecule has 0 bridgehead atoms. The number of rotatable bonds is 2. The van der Waals surface area contributed by atoms with Crippen molar-refractivity contribution in [3.05, 3.63) is 76.8 Å². The molecule has 130 valence electrons. The van der Waals surface area contributed by atoms with Crippen molar-refractivity contribution in [2.45, 2.75) is 0 Å². The van der Waals surface area contributed by atoms with Gasteiger partial charge in [0.1, 0.15) is 0 Å². The predicted molar refractivity (Wildman–Crippen MR) is 94.2 cm³/mol. The van der Waals surface area contributed by atoms with Crippen LogP contribution in [0.5, 0.6) is 0 Å². The Morgan fingerprint density at radius 1 is 0.600 bits per heavy atom. The fourth-order valence-corrected chi connectivity index (χ4v) is 2.20. The molecule has 25 heavy (non-hydrogen) atoms. The van der Waals surface area contributed by atoms with Gasteiger partial charge in [-0.05, 0) is 54.6 Å². The first-order valence-electron chi connectivity index (χ1n) is 7.05. The predicted octanol–water partition coefficient (Wildman–Crippen LogP) is 7.50. The molecule has 0 N–H and O–H groups in total. The molecule has 0 aliphatic heterocycles. The summed E-state index contributed by atoms with van der Waals surface area (Å²) in [6.45, 7) is 0. The summed E-state index contributed by atoms with van der Waals surface area (Å²) in [5.74, 6) is 1.60. The molecule has 3 rings (SSSR count). The highest BCUT2D eigenvalue weighted by Crippen LogP contribution is 2.27. The van der Waals surface area contributed by atoms with Gasteiger partial charge in [0, 0.05) is 22.2 Å². The molecule has 0 radical (unpaired) electrons. The Bertz CT molecular complexity index is 755. The molecule has 3 aromatic rings. The first-order valence-corrected chi connectivity index (χ1v) is 7.80. The number of halogens is 6. The van der Waals surface area contributed by atoms with Crippen LogP contribution in [0.1, 0.15) is 0 Å². The monoisotopic (exact) mass is 388 g/mol. The van der Waals surface area contributed by atoms with Gasteiger partial charge in [0.05, 0.1) is 11.1 Å². The zero-order valence-corrected chi connectivity index (χ0v) is 14.1. The van der Waals surface area contributed by atoms with Crippen LogP contribution < -0.4 is 0 Å². The topological polar surface area (TPSA) is 11.3 Å². The summed E-state index contributed by atoms with van der Waals surface area (Å²) in [6.07, 6.45) is 0. The molecule has 1 aromatic heterocycles. The molecule has 0 saturated carbocycles. The third-order valence-electron chi connectivity index (χ3n) is 2.97. The molecule has 0 unspecified atom stereocenters. The molecule has 0 aliphatic carbocycles. The second kappa shape index (κ2) is 8.36. The molecule has 0 fully saturated rings. The van der Waals surface area contributed by atoms with Crippen molar-refractivity contribution < 1.29 is 21.7 Å². The van der Waals surface area contributed by atoms with Gasteiger partial charge in [-0.15, -0.1) is 0 Å². The minimum atomic E-state index is -6.00. The van der Waals surface area contributed by atoms with E-state index in [1.165, 1.54) is 0 Å². The molecular weight excluding hydrogens is 378 g/mol. The van der Waals surface area contributed by atoms with Crippen molar-refractivity contribution in [1.29, 1.82) is 0 Å². The zero-order chi connectivity index (χ0) is 18.4. The first-order chi connectivity index (χ1) is 11.7. The Morgan fingerprint density at radius 3 is 1.24 bits per heavy atom. The maximum atomic E-state index is 9.75. The van der Waals surface area contributed by atoms with Crippen LogP contribution in [0.25, 0.3) is 22.6 Å². The third-order valence-corrected chi connectivity index (χ3v) is 3.48. The zero-order valence-electron chi connectivity index (χ0n) is 12.6. The van der Waals surface area contributed by atoms with E-state index in [0.717, 1.165) is 22.6 Å². The van der Waals surface area contributed by atoms with E-state index < -0.39 is 7.25 Å². The van der Waals surface area contributed by atoms with E-state index in [2.05, 4.69) is 0 Å². The SMILES string of the molecule is Clc1ccc(-c2cccc(-c3ccc(Cl)cc3)[o+]2)cc1.F[B-](F)(F)F. The van der Waals surface area contributed by atoms with Crippen LogP contribution in [0.15, 0.2) is 71.1 Å². The molecule has 2 aromatic carbocycles. The van der Waals surface area contributed by atoms with Gasteiger partial charge < -0.3 is 17.3 Å². The summed E-state index contributed by atoms with van der Waals surface area (Å²) in [5, 5.41) is 1.42. The normalized spacial score (nSPS) is 10.8. The van der Waals surface area contributed by atoms with Crippen molar-refractivity contribution in [1.82, 2.24) is 0 Å². The quantitative estimate of drug-likeness (QED) is 0.251. The van der Waals surface area contributed by atoms with E-state index in [1.54, 1.807) is 0 Å². The highest BCUT2D eigenvalue weighted by atomic mass is 35.5. The highest BCUT2D eigenvalue weighted by molar-refractivity contribution is 6.50. The summed E-state index contributed by atoms with van der Waals surface area (Å²) in [6, 6.07) is 21.0. The summed E-state index contributed by atoms with van der Waals surface area (Å²) in [7, 11) is -6.00. The van der Waals surface area contributed by atoms with Gasteiger partial charge in [0.2, 0.25) is 0 Å². The molecule has 8 heteroatoms. The van der Waals surface area contributed by atoms with Gasteiger partial charge >= 0.3 is 18.8 Å². The van der Waals surface area contributed by atoms with Crippen LogP contribution in [0.4, 0.5) is 17.3 Å². The molecule has 0 aliphatic rings. The summed E-state index contributed by atoms with van der Waals surface area (Å²) in [5.41, 5.74) is 1.98. The molecule has 0 amide bonds. The third kappa shape index (κ3) is 6.76. The van der Waals surface area contributed by atoms with Crippen molar-refractivity contribution in [3.63, 3.8) is 0 Å². The minimum Gasteiger partial charge on any atom is -0.418 e. The van der Waals surface area contributed by atoms with Gasteiger partial charge in [-0.25, -0.2) is 4.42 Å². The van der Waals surface area contributed by atoms with Gasteiger partial charge in [0.25, 0.3) is 0 Å². The summed E-state index contributed by atoms with van der Waals surface area (Å²) >= 11 is 11.8. The lowest BCUT2D eigenvalue weighted by atomic mass is 10.1. The molecule has 1 heterocycles. The average molecular weight is 389 g/mol. The van der Waals surface area contributed by atoms with E-state index in [4.69, 9.17) is 27.6 Å². The van der Waals surface area contributed by atoms with Crippen molar-refractivity contribution in [2.75, 3.05) is 0 Å². The molecule has 0 atom stereocenters. The van der Waals surface area contributed by atoms with Crippen LogP contribution in [-0.2, 0) is 0 Å². The van der Waals surface area contributed by atoms with Gasteiger partial charge in [-0.1, -0.05) is 23.2 Å². The average Bonchev–Trinajstić information content (AvgIpc) is 2.55. The lowest BCUT2D eigenvalue weighted by molar-refractivity contribution is 0.368. The van der Waals surface area contributed by atoms with Crippen LogP contribution >= 0.6 is 23.2 Å². The van der Waals surface area contributed by atoms with Crippen molar-refractivity contribution in [2.24, 2.45) is 0 Å². The van der Waals surface area contributed by atoms with E-state index in [9.17, 15) is 17.3 Å². The molecule has 0 spiro atoms. The maximum Gasteiger partial charge on any atom is 0.673 e. The van der Waals surface area contributed by atoms with Crippen LogP contribution in [0.2, 0.25) is 10.0 Å². The van der Waals surface area contributed by atoms with Crippen molar-refractivity contribution in [3.8, 4) is 22.6 Å². The van der Waals surface area contributed by atoms with E-state index in [-0.39, 0.29) is 0 Å². The summed E-state index contributed by atoms with van der Waals surface area (Å²) in [4.78, 5) is 0. The molecule has 0 saturated heterocycles. The second-order valence-electron chi connectivity index (χ2n) is 4.87. The fraction of sp³-hybridized carbons (Fsp3) is 0. The van der Waals surface area contributed by atoms with Crippen LogP contribution in [-0.4, -0.2) is 7.25 Å². The Kier molecular flexibility index (Phi) is 6.45. The van der Waals surface area contributed by atoms with E-state index in [1.807, 2.05) is 66.7 Å². The lowest BCUT2D eigenvalue weighted by Gasteiger charge is -1.95. The smallest absolute Gasteiger partial charge is 0.418 e. The standard InChI is InChI=1S/C17H11Cl2O.BF4/c18-14-8-4-12(5-9-14)16-2-1-3-17(20-16)13-6-10-15(19)11-7-13;2-1(3,4)5/h1-11H;/q+1;-1. The van der Waals surface area contributed by atoms with Crippen LogP contribution in [0, 0.1) is 0 Å². The van der Waals surface area contributed by atoms with Crippen molar-refractivity contribution >= 4 is 30.5 Å². The number of hydrogen-bond acceptors (Lipinski definition) is 0. The van der Waals surface area contributed by atoms with E-state index >= 15 is 0 Å². The minimum absolute atomic E-state index is 0.711. The molecular formula is C17H11BCl2F4O. The summed E-state index contributed by atoms with van der Waals surface area (Å²) < 4.78 is 44.9. The molecule has 1 nitrogen and oxygen atoms in total. The van der Waals surface area contributed by atoms with Gasteiger partial charge in [-0.2, -0.15) is 0 Å². The van der Waals surface area contributed by atoms with Gasteiger partial charge in [-0.3, -0.25) is 0 Å². The fourth-order valence-electron chi connectivity index (χ4n) is 1.95. The maximum absolute atomic E-state index is 9.75. The van der Waals surface area contributed by atoms with Crippen LogP contribution in [0.3, 0.4) is 0 Å². The Balaban J connectivity index is 0.000000399. The Morgan fingerprint density at radius 2 is 0.920 bits per heavy atom. The highest BCUT2D eigenvalue weighted by Gasteiger charge is 2.20. The number of benzene rings is 2. The Hall–Kier alpha value is -2.05. The Labute approximate surface area is 151 Å². The lowest BCUT2D eigenvalue weighted by Crippen LogP contribution is -2.02. The van der Waals surface area contributed by atoms with E-state index in [0.29, 0.717) is 10.0 Å². The second-order valence-corrected chi connectivity index (χ2v) is 5.74.